The largest absolute Gasteiger partial charge is 0.288 e. The van der Waals surface area contributed by atoms with Crippen LogP contribution in [0.4, 0.5) is 0 Å². The number of hydrogen-bond acceptors (Lipinski definition) is 4. The van der Waals surface area contributed by atoms with Crippen LogP contribution in [0.3, 0.4) is 0 Å². The van der Waals surface area contributed by atoms with E-state index in [0.29, 0.717) is 33.0 Å². The molecule has 0 spiro atoms. The van der Waals surface area contributed by atoms with Gasteiger partial charge in [0.05, 0.1) is 0 Å². The molecule has 0 saturated heterocycles. The highest BCUT2D eigenvalue weighted by molar-refractivity contribution is 6.41. The molecule has 0 aromatic heterocycles. The number of carbonyl (C=O) groups excluding carboxylic acids is 4. The van der Waals surface area contributed by atoms with Gasteiger partial charge in [-0.2, -0.15) is 0 Å². The van der Waals surface area contributed by atoms with Crippen LogP contribution in [-0.2, 0) is 0 Å². The zero-order valence-corrected chi connectivity index (χ0v) is 19.2. The lowest BCUT2D eigenvalue weighted by molar-refractivity contribution is 0.0828. The molecule has 2 heterocycles. The summed E-state index contributed by atoms with van der Waals surface area (Å²) < 4.78 is 0. The second-order valence-electron chi connectivity index (χ2n) is 9.45. The van der Waals surface area contributed by atoms with Crippen LogP contribution in [0.15, 0.2) is 42.5 Å². The summed E-state index contributed by atoms with van der Waals surface area (Å²) in [6.45, 7) is 4.26. The number of imide groups is 2. The maximum absolute atomic E-state index is 13.0. The highest BCUT2D eigenvalue weighted by Gasteiger charge is 2.32. The SMILES string of the molecule is CCC(CC)c1cc2c3c(ccc4c5ccc6c7c(ccc(c1c34)c75)C(=O)NC6=O)C(=O)NC2=O. The highest BCUT2D eigenvalue weighted by Crippen LogP contribution is 2.48. The van der Waals surface area contributed by atoms with E-state index in [1.807, 2.05) is 24.3 Å². The topological polar surface area (TPSA) is 92.3 Å². The molecule has 7 rings (SSSR count). The Bertz CT molecular complexity index is 1830. The maximum Gasteiger partial charge on any atom is 0.258 e. The van der Waals surface area contributed by atoms with Crippen molar-refractivity contribution >= 4 is 66.7 Å². The fourth-order valence-electron chi connectivity index (χ4n) is 6.30. The average molecular weight is 460 g/mol. The molecule has 5 aromatic carbocycles. The quantitative estimate of drug-likeness (QED) is 0.214. The smallest absolute Gasteiger partial charge is 0.258 e. The molecule has 2 aliphatic heterocycles. The van der Waals surface area contributed by atoms with Crippen molar-refractivity contribution in [2.45, 2.75) is 32.6 Å². The molecule has 0 aliphatic carbocycles. The van der Waals surface area contributed by atoms with Crippen molar-refractivity contribution in [3.63, 3.8) is 0 Å². The highest BCUT2D eigenvalue weighted by atomic mass is 16.2. The van der Waals surface area contributed by atoms with Crippen LogP contribution >= 0.6 is 0 Å². The summed E-state index contributed by atoms with van der Waals surface area (Å²) in [7, 11) is 0. The van der Waals surface area contributed by atoms with Crippen molar-refractivity contribution < 1.29 is 19.2 Å². The first-order chi connectivity index (χ1) is 16.9. The second-order valence-corrected chi connectivity index (χ2v) is 9.45. The first kappa shape index (κ1) is 20.1. The summed E-state index contributed by atoms with van der Waals surface area (Å²) in [5, 5.41) is 11.8. The standard InChI is InChI=1S/C29H20N2O4/c1-3-12(4-2)19-11-20-24-18(28(34)31-29(20)35)9-6-14-13-5-8-16-23-17(27(33)30-26(16)32)10-7-15(21(13)23)22(19)25(14)24/h5-12H,3-4H2,1-2H3,(H,30,32,33)(H,31,34,35). The minimum Gasteiger partial charge on any atom is -0.288 e. The van der Waals surface area contributed by atoms with Gasteiger partial charge >= 0.3 is 0 Å². The van der Waals surface area contributed by atoms with E-state index in [2.05, 4.69) is 24.5 Å². The molecule has 0 fully saturated rings. The van der Waals surface area contributed by atoms with E-state index in [4.69, 9.17) is 0 Å². The molecule has 170 valence electrons. The van der Waals surface area contributed by atoms with E-state index in [1.54, 1.807) is 18.2 Å². The molecular formula is C29H20N2O4. The van der Waals surface area contributed by atoms with Crippen molar-refractivity contribution in [3.8, 4) is 0 Å². The fraction of sp³-hybridized carbons (Fsp3) is 0.172. The molecule has 2 N–H and O–H groups in total. The molecule has 6 heteroatoms. The van der Waals surface area contributed by atoms with Gasteiger partial charge in [-0.25, -0.2) is 0 Å². The number of fused-ring (bicyclic) bond motifs is 2. The third-order valence-corrected chi connectivity index (χ3v) is 7.89. The fourth-order valence-corrected chi connectivity index (χ4v) is 6.30. The predicted molar refractivity (Wildman–Crippen MR) is 135 cm³/mol. The van der Waals surface area contributed by atoms with E-state index in [9.17, 15) is 19.2 Å². The van der Waals surface area contributed by atoms with E-state index < -0.39 is 17.7 Å². The molecule has 35 heavy (non-hydrogen) atoms. The molecule has 0 bridgehead atoms. The number of rotatable bonds is 3. The third-order valence-electron chi connectivity index (χ3n) is 7.89. The van der Waals surface area contributed by atoms with Crippen LogP contribution in [-0.4, -0.2) is 23.6 Å². The normalized spacial score (nSPS) is 15.2. The number of amides is 4. The number of carbonyl (C=O) groups is 4. The Morgan fingerprint density at radius 3 is 1.54 bits per heavy atom. The molecule has 0 saturated carbocycles. The Kier molecular flexibility index (Phi) is 3.81. The summed E-state index contributed by atoms with van der Waals surface area (Å²) in [4.78, 5) is 51.2. The van der Waals surface area contributed by atoms with Crippen molar-refractivity contribution in [3.05, 3.63) is 70.3 Å². The monoisotopic (exact) mass is 460 g/mol. The minimum absolute atomic E-state index is 0.199. The van der Waals surface area contributed by atoms with Gasteiger partial charge in [0, 0.05) is 33.0 Å². The molecule has 4 amide bonds. The Hall–Kier alpha value is -4.32. The van der Waals surface area contributed by atoms with Gasteiger partial charge in [0.15, 0.2) is 0 Å². The van der Waals surface area contributed by atoms with Crippen LogP contribution in [0.5, 0.6) is 0 Å². The molecule has 0 radical (unpaired) electrons. The van der Waals surface area contributed by atoms with Crippen molar-refractivity contribution in [2.75, 3.05) is 0 Å². The molecule has 6 nitrogen and oxygen atoms in total. The zero-order chi connectivity index (χ0) is 24.2. The lowest BCUT2D eigenvalue weighted by Gasteiger charge is -2.27. The van der Waals surface area contributed by atoms with Crippen LogP contribution in [0, 0.1) is 0 Å². The zero-order valence-electron chi connectivity index (χ0n) is 19.2. The van der Waals surface area contributed by atoms with Gasteiger partial charge in [-0.1, -0.05) is 32.0 Å². The summed E-state index contributed by atoms with van der Waals surface area (Å²) in [6.07, 6.45) is 1.78. The summed E-state index contributed by atoms with van der Waals surface area (Å²) in [5.74, 6) is -1.37. The van der Waals surface area contributed by atoms with Gasteiger partial charge in [0.25, 0.3) is 23.6 Å². The Labute approximate surface area is 199 Å². The maximum atomic E-state index is 13.0. The minimum atomic E-state index is -0.398. The van der Waals surface area contributed by atoms with Gasteiger partial charge in [-0.05, 0) is 80.9 Å². The third kappa shape index (κ3) is 2.34. The van der Waals surface area contributed by atoms with Crippen molar-refractivity contribution in [1.82, 2.24) is 10.6 Å². The second kappa shape index (κ2) is 6.63. The summed E-state index contributed by atoms with van der Waals surface area (Å²) in [5.41, 5.74) is 3.02. The Morgan fingerprint density at radius 1 is 0.543 bits per heavy atom. The van der Waals surface area contributed by atoms with Crippen LogP contribution < -0.4 is 10.6 Å². The number of hydrogen-bond donors (Lipinski definition) is 2. The van der Waals surface area contributed by atoms with Crippen LogP contribution in [0.2, 0.25) is 0 Å². The molecule has 2 aliphatic rings. The average Bonchev–Trinajstić information content (AvgIpc) is 2.85. The van der Waals surface area contributed by atoms with Gasteiger partial charge in [-0.15, -0.1) is 0 Å². The van der Waals surface area contributed by atoms with Gasteiger partial charge in [-0.3, -0.25) is 29.8 Å². The lowest BCUT2D eigenvalue weighted by Crippen LogP contribution is -2.35. The van der Waals surface area contributed by atoms with Gasteiger partial charge in [0.1, 0.15) is 0 Å². The lowest BCUT2D eigenvalue weighted by atomic mass is 9.78. The first-order valence-corrected chi connectivity index (χ1v) is 11.9. The van der Waals surface area contributed by atoms with Crippen LogP contribution in [0.1, 0.15) is 79.6 Å². The predicted octanol–water partition coefficient (Wildman–Crippen LogP) is 5.41. The van der Waals surface area contributed by atoms with E-state index >= 15 is 0 Å². The van der Waals surface area contributed by atoms with Gasteiger partial charge in [0.2, 0.25) is 0 Å². The van der Waals surface area contributed by atoms with Crippen molar-refractivity contribution in [1.29, 1.82) is 0 Å². The number of benzene rings is 5. The summed E-state index contributed by atoms with van der Waals surface area (Å²) >= 11 is 0. The molecule has 5 aromatic rings. The van der Waals surface area contributed by atoms with Crippen LogP contribution in [0.25, 0.3) is 43.1 Å². The van der Waals surface area contributed by atoms with E-state index in [1.165, 1.54) is 0 Å². The number of nitrogens with one attached hydrogen (secondary N) is 2. The Morgan fingerprint density at radius 2 is 1.00 bits per heavy atom. The van der Waals surface area contributed by atoms with E-state index in [0.717, 1.165) is 50.7 Å². The van der Waals surface area contributed by atoms with E-state index in [-0.39, 0.29) is 11.8 Å². The molecule has 0 atom stereocenters. The molecular weight excluding hydrogens is 440 g/mol. The molecule has 0 unspecified atom stereocenters. The van der Waals surface area contributed by atoms with Gasteiger partial charge < -0.3 is 0 Å². The van der Waals surface area contributed by atoms with Crippen molar-refractivity contribution in [2.24, 2.45) is 0 Å². The first-order valence-electron chi connectivity index (χ1n) is 11.9. The Balaban J connectivity index is 1.83. The summed E-state index contributed by atoms with van der Waals surface area (Å²) in [6, 6.07) is 13.0.